The van der Waals surface area contributed by atoms with Gasteiger partial charge in [0.05, 0.1) is 16.8 Å². The molecule has 2 heterocycles. The Bertz CT molecular complexity index is 1730. The minimum Gasteiger partial charge on any atom is -0.489 e. The molecular formula is C37H44N4O3. The molecule has 2 aliphatic rings. The normalized spacial score (nSPS) is 17.9. The molecule has 0 saturated carbocycles. The van der Waals surface area contributed by atoms with Crippen molar-refractivity contribution in [2.45, 2.75) is 66.2 Å². The topological polar surface area (TPSA) is 68.3 Å². The lowest BCUT2D eigenvalue weighted by Crippen LogP contribution is -2.34. The predicted octanol–water partition coefficient (Wildman–Crippen LogP) is 7.50. The van der Waals surface area contributed by atoms with Crippen molar-refractivity contribution < 1.29 is 14.6 Å². The van der Waals surface area contributed by atoms with Gasteiger partial charge in [-0.2, -0.15) is 0 Å². The van der Waals surface area contributed by atoms with Gasteiger partial charge in [-0.3, -0.25) is 20.1 Å². The maximum absolute atomic E-state index is 12.8. The van der Waals surface area contributed by atoms with Gasteiger partial charge in [-0.1, -0.05) is 55.5 Å². The Balaban J connectivity index is 1.38. The zero-order valence-corrected chi connectivity index (χ0v) is 26.9. The Morgan fingerprint density at radius 1 is 1.05 bits per heavy atom. The minimum atomic E-state index is -1.04. The van der Waals surface area contributed by atoms with Crippen LogP contribution in [0.25, 0.3) is 10.8 Å². The van der Waals surface area contributed by atoms with E-state index in [1.54, 1.807) is 0 Å². The van der Waals surface area contributed by atoms with E-state index in [9.17, 15) is 9.90 Å². The van der Waals surface area contributed by atoms with E-state index < -0.39 is 11.4 Å². The monoisotopic (exact) mass is 592 g/mol. The lowest BCUT2D eigenvalue weighted by Gasteiger charge is -2.33. The summed E-state index contributed by atoms with van der Waals surface area (Å²) in [5.74, 6) is -0.180. The van der Waals surface area contributed by atoms with Crippen molar-refractivity contribution >= 4 is 28.1 Å². The van der Waals surface area contributed by atoms with E-state index in [0.29, 0.717) is 0 Å². The minimum absolute atomic E-state index is 0.0948. The molecule has 2 atom stereocenters. The van der Waals surface area contributed by atoms with Gasteiger partial charge in [0.1, 0.15) is 11.9 Å². The van der Waals surface area contributed by atoms with Crippen molar-refractivity contribution in [1.82, 2.24) is 10.0 Å². The molecule has 0 radical (unpaired) electrons. The molecule has 0 aromatic heterocycles. The third-order valence-electron chi connectivity index (χ3n) is 9.78. The van der Waals surface area contributed by atoms with Crippen LogP contribution in [0, 0.1) is 19.3 Å². The number of hydrogen-bond donors (Lipinski definition) is 2. The summed E-state index contributed by atoms with van der Waals surface area (Å²) in [4.78, 5) is 15.3. The molecule has 0 fully saturated rings. The smallest absolute Gasteiger partial charge is 0.310 e. The first-order valence-electron chi connectivity index (χ1n) is 15.6. The number of carboxylic acid groups (broad SMARTS) is 1. The van der Waals surface area contributed by atoms with E-state index >= 15 is 0 Å². The number of anilines is 2. The Morgan fingerprint density at radius 2 is 1.77 bits per heavy atom. The summed E-state index contributed by atoms with van der Waals surface area (Å²) < 4.78 is 6.55. The number of nitrogens with zero attached hydrogens (tertiary/aromatic N) is 3. The molecule has 0 saturated heterocycles. The van der Waals surface area contributed by atoms with Gasteiger partial charge in [-0.15, -0.1) is 5.12 Å². The molecule has 0 aliphatic carbocycles. The maximum atomic E-state index is 12.8. The fourth-order valence-corrected chi connectivity index (χ4v) is 6.87. The molecule has 6 rings (SSSR count). The number of ether oxygens (including phenoxy) is 1. The standard InChI is InChI=1S/C37H44N4O3/c1-8-30-22-41(21-29-17-25-11-9-10-12-26(25)19-33(29)44-30)20-28-18-27(14-13-23(28)2)34(37(4,5)36(42)43)31-15-16-32-35(24(31)3)38-40(7)39(32)6/h9-19,30,34,38H,8,20-22H2,1-7H3,(H,42,43)/t30-,34?/m1/s1. The average molecular weight is 593 g/mol. The summed E-state index contributed by atoms with van der Waals surface area (Å²) in [6.45, 7) is 12.5. The summed E-state index contributed by atoms with van der Waals surface area (Å²) >= 11 is 0. The lowest BCUT2D eigenvalue weighted by molar-refractivity contribution is -0.147. The molecule has 7 heteroatoms. The van der Waals surface area contributed by atoms with Crippen LogP contribution in [0.5, 0.6) is 5.75 Å². The highest BCUT2D eigenvalue weighted by Gasteiger charge is 2.41. The second-order valence-electron chi connectivity index (χ2n) is 13.1. The summed E-state index contributed by atoms with van der Waals surface area (Å²) in [5, 5.41) is 16.9. The quantitative estimate of drug-likeness (QED) is 0.230. The van der Waals surface area contributed by atoms with Crippen molar-refractivity contribution in [2.75, 3.05) is 31.1 Å². The van der Waals surface area contributed by atoms with Gasteiger partial charge in [0.2, 0.25) is 0 Å². The van der Waals surface area contributed by atoms with Crippen molar-refractivity contribution in [3.63, 3.8) is 0 Å². The van der Waals surface area contributed by atoms with Crippen LogP contribution < -0.4 is 15.2 Å². The highest BCUT2D eigenvalue weighted by atomic mass is 16.5. The van der Waals surface area contributed by atoms with Gasteiger partial charge < -0.3 is 9.84 Å². The van der Waals surface area contributed by atoms with E-state index in [-0.39, 0.29) is 12.0 Å². The number of benzene rings is 4. The molecule has 7 nitrogen and oxygen atoms in total. The molecule has 2 N–H and O–H groups in total. The maximum Gasteiger partial charge on any atom is 0.310 e. The molecule has 0 spiro atoms. The van der Waals surface area contributed by atoms with Crippen LogP contribution in [0.2, 0.25) is 0 Å². The first-order chi connectivity index (χ1) is 21.0. The Kier molecular flexibility index (Phi) is 7.80. The van der Waals surface area contributed by atoms with Crippen molar-refractivity contribution in [3.05, 3.63) is 100 Å². The van der Waals surface area contributed by atoms with Crippen LogP contribution in [0.1, 0.15) is 66.5 Å². The predicted molar refractivity (Wildman–Crippen MR) is 178 cm³/mol. The zero-order valence-electron chi connectivity index (χ0n) is 26.9. The third-order valence-corrected chi connectivity index (χ3v) is 9.78. The Morgan fingerprint density at radius 3 is 2.48 bits per heavy atom. The number of rotatable bonds is 7. The van der Waals surface area contributed by atoms with Gasteiger partial charge in [0.25, 0.3) is 0 Å². The van der Waals surface area contributed by atoms with E-state index in [2.05, 4.69) is 103 Å². The number of carboxylic acids is 1. The number of nitrogens with one attached hydrogen (secondary N) is 1. The molecule has 0 amide bonds. The van der Waals surface area contributed by atoms with E-state index in [1.807, 2.05) is 33.1 Å². The van der Waals surface area contributed by atoms with E-state index in [1.165, 1.54) is 27.5 Å². The van der Waals surface area contributed by atoms with Crippen LogP contribution in [-0.4, -0.2) is 47.8 Å². The van der Waals surface area contributed by atoms with E-state index in [0.717, 1.165) is 59.9 Å². The van der Waals surface area contributed by atoms with Gasteiger partial charge in [0.15, 0.2) is 0 Å². The first kappa shape index (κ1) is 30.0. The summed E-state index contributed by atoms with van der Waals surface area (Å²) in [6, 6.07) is 23.6. The molecular weight excluding hydrogens is 548 g/mol. The summed E-state index contributed by atoms with van der Waals surface area (Å²) in [5.41, 5.74) is 11.2. The molecule has 4 aromatic rings. The molecule has 230 valence electrons. The fraction of sp³-hybridized carbons (Fsp3) is 0.378. The highest BCUT2D eigenvalue weighted by Crippen LogP contribution is 2.47. The number of hydrogen-bond acceptors (Lipinski definition) is 6. The Hall–Kier alpha value is -4.07. The van der Waals surface area contributed by atoms with Crippen molar-refractivity contribution in [2.24, 2.45) is 5.41 Å². The van der Waals surface area contributed by atoms with Crippen LogP contribution in [0.3, 0.4) is 0 Å². The SMILES string of the molecule is CC[C@@H]1CN(Cc2cc(C(c3ccc4c(c3C)NN(C)N4C)C(C)(C)C(=O)O)ccc2C)Cc2cc3ccccc3cc2O1. The molecule has 2 aliphatic heterocycles. The van der Waals surface area contributed by atoms with Gasteiger partial charge in [-0.25, -0.2) is 0 Å². The van der Waals surface area contributed by atoms with Crippen LogP contribution in [0.15, 0.2) is 66.7 Å². The average Bonchev–Trinajstić information content (AvgIpc) is 3.17. The number of aryl methyl sites for hydroxylation is 1. The van der Waals surface area contributed by atoms with E-state index in [4.69, 9.17) is 4.74 Å². The summed E-state index contributed by atoms with van der Waals surface area (Å²) in [6.07, 6.45) is 1.02. The second kappa shape index (κ2) is 11.5. The largest absolute Gasteiger partial charge is 0.489 e. The van der Waals surface area contributed by atoms with Crippen molar-refractivity contribution in [1.29, 1.82) is 0 Å². The highest BCUT2D eigenvalue weighted by molar-refractivity contribution is 5.85. The number of hydrazine groups is 2. The van der Waals surface area contributed by atoms with Crippen LogP contribution >= 0.6 is 0 Å². The van der Waals surface area contributed by atoms with Crippen LogP contribution in [0.4, 0.5) is 11.4 Å². The Labute approximate surface area is 261 Å². The lowest BCUT2D eigenvalue weighted by atomic mass is 9.69. The zero-order chi connectivity index (χ0) is 31.3. The number of carbonyl (C=O) groups is 1. The first-order valence-corrected chi connectivity index (χ1v) is 15.6. The van der Waals surface area contributed by atoms with Gasteiger partial charge in [0, 0.05) is 45.2 Å². The summed E-state index contributed by atoms with van der Waals surface area (Å²) in [7, 11) is 3.99. The van der Waals surface area contributed by atoms with Crippen molar-refractivity contribution in [3.8, 4) is 5.75 Å². The molecule has 44 heavy (non-hydrogen) atoms. The van der Waals surface area contributed by atoms with Gasteiger partial charge >= 0.3 is 5.97 Å². The third kappa shape index (κ3) is 5.29. The number of aliphatic carboxylic acids is 1. The van der Waals surface area contributed by atoms with Gasteiger partial charge in [-0.05, 0) is 90.9 Å². The molecule has 0 bridgehead atoms. The second-order valence-corrected chi connectivity index (χ2v) is 13.1. The molecule has 1 unspecified atom stereocenters. The molecule has 4 aromatic carbocycles. The number of fused-ring (bicyclic) bond motifs is 3. The van der Waals surface area contributed by atoms with Crippen LogP contribution in [-0.2, 0) is 17.9 Å². The fourth-order valence-electron chi connectivity index (χ4n) is 6.87.